The van der Waals surface area contributed by atoms with Gasteiger partial charge in [0.1, 0.15) is 18.8 Å². The van der Waals surface area contributed by atoms with Crippen LogP contribution in [0.25, 0.3) is 22.2 Å². The van der Waals surface area contributed by atoms with Gasteiger partial charge in [0.15, 0.2) is 17.3 Å². The average molecular weight is 496 g/mol. The van der Waals surface area contributed by atoms with Crippen molar-refractivity contribution in [2.45, 2.75) is 12.5 Å². The lowest BCUT2D eigenvalue weighted by Crippen LogP contribution is -2.41. The molecule has 1 aromatic heterocycles. The Kier molecular flexibility index (Phi) is 5.26. The van der Waals surface area contributed by atoms with Gasteiger partial charge in [-0.1, -0.05) is 54.6 Å². The molecule has 186 valence electrons. The minimum absolute atomic E-state index is 0.314. The van der Waals surface area contributed by atoms with Crippen LogP contribution < -0.4 is 14.8 Å². The highest BCUT2D eigenvalue weighted by molar-refractivity contribution is 6.17. The molecule has 1 N–H and O–H groups in total. The van der Waals surface area contributed by atoms with Gasteiger partial charge in [-0.25, -0.2) is 4.79 Å². The van der Waals surface area contributed by atoms with Crippen molar-refractivity contribution in [2.24, 2.45) is 7.05 Å². The zero-order valence-electron chi connectivity index (χ0n) is 20.5. The Hall–Kier alpha value is -4.59. The number of rotatable bonds is 5. The van der Waals surface area contributed by atoms with E-state index in [1.807, 2.05) is 66.2 Å². The summed E-state index contributed by atoms with van der Waals surface area (Å²) in [5.74, 6) is 0.297. The third-order valence-corrected chi connectivity index (χ3v) is 7.13. The number of hydrogen-bond donors (Lipinski definition) is 1. The highest BCUT2D eigenvalue weighted by atomic mass is 16.6. The number of ketones is 1. The molecule has 8 nitrogen and oxygen atoms in total. The summed E-state index contributed by atoms with van der Waals surface area (Å²) in [6, 6.07) is 21.8. The molecule has 3 heterocycles. The predicted octanol–water partition coefficient (Wildman–Crippen LogP) is 4.27. The fourth-order valence-corrected chi connectivity index (χ4v) is 5.22. The molecule has 1 fully saturated rings. The van der Waals surface area contributed by atoms with Crippen molar-refractivity contribution in [3.63, 3.8) is 0 Å². The van der Waals surface area contributed by atoms with Crippen LogP contribution in [0.15, 0.2) is 72.8 Å². The van der Waals surface area contributed by atoms with Crippen molar-refractivity contribution >= 4 is 28.6 Å². The maximum atomic E-state index is 13.8. The van der Waals surface area contributed by atoms with Crippen LogP contribution in [-0.2, 0) is 17.4 Å². The molecule has 3 aromatic carbocycles. The molecule has 6 rings (SSSR count). The number of fused-ring (bicyclic) bond motifs is 2. The number of aryl methyl sites for hydroxylation is 1. The summed E-state index contributed by atoms with van der Waals surface area (Å²) in [4.78, 5) is 41.5. The number of para-hydroxylation sites is 1. The van der Waals surface area contributed by atoms with Gasteiger partial charge in [-0.3, -0.25) is 14.5 Å². The lowest BCUT2D eigenvalue weighted by molar-refractivity contribution is -0.130. The van der Waals surface area contributed by atoms with E-state index in [1.54, 1.807) is 25.1 Å². The van der Waals surface area contributed by atoms with Crippen LogP contribution in [0, 0.1) is 0 Å². The first kappa shape index (κ1) is 22.8. The molecule has 37 heavy (non-hydrogen) atoms. The van der Waals surface area contributed by atoms with Gasteiger partial charge in [-0.15, -0.1) is 0 Å². The van der Waals surface area contributed by atoms with E-state index in [1.165, 1.54) is 0 Å². The van der Waals surface area contributed by atoms with Gasteiger partial charge in [0.2, 0.25) is 0 Å². The second-order valence-corrected chi connectivity index (χ2v) is 9.39. The van der Waals surface area contributed by atoms with Gasteiger partial charge in [0.25, 0.3) is 5.91 Å². The van der Waals surface area contributed by atoms with Gasteiger partial charge >= 0.3 is 6.03 Å². The van der Waals surface area contributed by atoms with Crippen LogP contribution in [-0.4, -0.2) is 46.9 Å². The third-order valence-electron chi connectivity index (χ3n) is 7.13. The summed E-state index contributed by atoms with van der Waals surface area (Å²) in [7, 11) is 1.91. The number of hydrogen-bond acceptors (Lipinski definition) is 5. The van der Waals surface area contributed by atoms with Crippen molar-refractivity contribution < 1.29 is 23.9 Å². The molecule has 4 aromatic rings. The SMILES string of the molecule is Cn1c(-c2ccccc2)c(C(=O)CN2C(=O)NC(C)(c3ccc4c(c3)OCCO4)C2=O)c2ccccc21. The average Bonchev–Trinajstić information content (AvgIpc) is 3.34. The lowest BCUT2D eigenvalue weighted by Gasteiger charge is -2.25. The van der Waals surface area contributed by atoms with Crippen LogP contribution >= 0.6 is 0 Å². The Labute approximate surface area is 213 Å². The highest BCUT2D eigenvalue weighted by Gasteiger charge is 2.50. The molecule has 2 aliphatic heterocycles. The maximum absolute atomic E-state index is 13.8. The van der Waals surface area contributed by atoms with Crippen LogP contribution in [0.4, 0.5) is 4.79 Å². The monoisotopic (exact) mass is 495 g/mol. The number of carbonyl (C=O) groups is 3. The fraction of sp³-hybridized carbons (Fsp3) is 0.207. The van der Waals surface area contributed by atoms with Gasteiger partial charge in [0, 0.05) is 18.0 Å². The van der Waals surface area contributed by atoms with E-state index in [9.17, 15) is 14.4 Å². The number of nitrogens with zero attached hydrogens (tertiary/aromatic N) is 2. The number of nitrogens with one attached hydrogen (secondary N) is 1. The summed E-state index contributed by atoms with van der Waals surface area (Å²) in [5, 5.41) is 3.56. The van der Waals surface area contributed by atoms with Crippen molar-refractivity contribution in [2.75, 3.05) is 19.8 Å². The normalized spacial score (nSPS) is 18.8. The number of ether oxygens (including phenoxy) is 2. The van der Waals surface area contributed by atoms with E-state index in [-0.39, 0.29) is 12.3 Å². The number of aromatic nitrogens is 1. The Morgan fingerprint density at radius 1 is 0.946 bits per heavy atom. The Morgan fingerprint density at radius 3 is 2.43 bits per heavy atom. The topological polar surface area (TPSA) is 89.9 Å². The van der Waals surface area contributed by atoms with Gasteiger partial charge in [0.05, 0.1) is 17.8 Å². The van der Waals surface area contributed by atoms with E-state index >= 15 is 0 Å². The van der Waals surface area contributed by atoms with Gasteiger partial charge in [-0.2, -0.15) is 0 Å². The zero-order valence-corrected chi connectivity index (χ0v) is 20.5. The summed E-state index contributed by atoms with van der Waals surface area (Å²) < 4.78 is 13.2. The molecule has 2 aliphatic rings. The first-order valence-electron chi connectivity index (χ1n) is 12.1. The van der Waals surface area contributed by atoms with Gasteiger partial charge in [-0.05, 0) is 36.2 Å². The highest BCUT2D eigenvalue weighted by Crippen LogP contribution is 2.38. The van der Waals surface area contributed by atoms with Crippen LogP contribution in [0.2, 0.25) is 0 Å². The van der Waals surface area contributed by atoms with E-state index in [0.29, 0.717) is 35.8 Å². The first-order valence-corrected chi connectivity index (χ1v) is 12.1. The second-order valence-electron chi connectivity index (χ2n) is 9.39. The molecule has 8 heteroatoms. The second kappa shape index (κ2) is 8.51. The van der Waals surface area contributed by atoms with Crippen molar-refractivity contribution in [1.29, 1.82) is 0 Å². The Balaban J connectivity index is 1.36. The standard InChI is InChI=1S/C29H25N3O5/c1-29(19-12-13-23-24(16-19)37-15-14-36-23)27(34)32(28(35)30-29)17-22(33)25-20-10-6-7-11-21(20)31(2)26(25)18-8-4-3-5-9-18/h3-13,16H,14-15,17H2,1-2H3,(H,30,35). The van der Waals surface area contributed by atoms with Crippen LogP contribution in [0.5, 0.6) is 11.5 Å². The molecule has 0 bridgehead atoms. The largest absolute Gasteiger partial charge is 0.486 e. The number of Topliss-reactive ketones (excluding diaryl/α,β-unsaturated/α-hetero) is 1. The van der Waals surface area contributed by atoms with E-state index in [4.69, 9.17) is 9.47 Å². The molecule has 0 saturated carbocycles. The maximum Gasteiger partial charge on any atom is 0.325 e. The number of benzene rings is 3. The van der Waals surface area contributed by atoms with Crippen molar-refractivity contribution in [1.82, 2.24) is 14.8 Å². The molecule has 0 aliphatic carbocycles. The molecule has 1 unspecified atom stereocenters. The van der Waals surface area contributed by atoms with E-state index < -0.39 is 17.5 Å². The zero-order chi connectivity index (χ0) is 25.7. The molecular formula is C29H25N3O5. The number of amides is 3. The smallest absolute Gasteiger partial charge is 0.325 e. The summed E-state index contributed by atoms with van der Waals surface area (Å²) in [6.07, 6.45) is 0. The molecule has 0 radical (unpaired) electrons. The summed E-state index contributed by atoms with van der Waals surface area (Å²) in [5.41, 5.74) is 2.21. The lowest BCUT2D eigenvalue weighted by atomic mass is 9.91. The molecule has 1 saturated heterocycles. The summed E-state index contributed by atoms with van der Waals surface area (Å²) in [6.45, 7) is 2.12. The van der Waals surface area contributed by atoms with Crippen molar-refractivity contribution in [3.05, 3.63) is 83.9 Å². The van der Waals surface area contributed by atoms with Crippen molar-refractivity contribution in [3.8, 4) is 22.8 Å². The number of carbonyl (C=O) groups excluding carboxylic acids is 3. The molecular weight excluding hydrogens is 470 g/mol. The van der Waals surface area contributed by atoms with Gasteiger partial charge < -0.3 is 19.4 Å². The van der Waals surface area contributed by atoms with E-state index in [2.05, 4.69) is 5.32 Å². The quantitative estimate of drug-likeness (QED) is 0.330. The number of imide groups is 1. The first-order chi connectivity index (χ1) is 17.9. The minimum Gasteiger partial charge on any atom is -0.486 e. The fourth-order valence-electron chi connectivity index (χ4n) is 5.22. The predicted molar refractivity (Wildman–Crippen MR) is 138 cm³/mol. The molecule has 3 amide bonds. The number of urea groups is 1. The third kappa shape index (κ3) is 3.56. The van der Waals surface area contributed by atoms with E-state index in [0.717, 1.165) is 27.1 Å². The van der Waals surface area contributed by atoms with Crippen LogP contribution in [0.3, 0.4) is 0 Å². The minimum atomic E-state index is -1.34. The summed E-state index contributed by atoms with van der Waals surface area (Å²) >= 11 is 0. The molecule has 0 spiro atoms. The Bertz CT molecular complexity index is 1580. The molecule has 1 atom stereocenters. The van der Waals surface area contributed by atoms with Crippen LogP contribution in [0.1, 0.15) is 22.8 Å². The Morgan fingerprint density at radius 2 is 1.65 bits per heavy atom.